The van der Waals surface area contributed by atoms with E-state index in [2.05, 4.69) is 237 Å². The Kier molecular flexibility index (Phi) is 26.8. The summed E-state index contributed by atoms with van der Waals surface area (Å²) >= 11 is 0. The highest BCUT2D eigenvalue weighted by molar-refractivity contribution is 5.87. The number of aryl methyl sites for hydroxylation is 2. The average Bonchev–Trinajstić information content (AvgIpc) is 3.35. The molecule has 0 nitrogen and oxygen atoms in total. The van der Waals surface area contributed by atoms with Crippen molar-refractivity contribution in [2.24, 2.45) is 0 Å². The molecule has 0 amide bonds. The molecule has 0 bridgehead atoms. The minimum absolute atomic E-state index is 0.923. The van der Waals surface area contributed by atoms with Gasteiger partial charge in [-0.05, 0) is 139 Å². The quantitative estimate of drug-likeness (QED) is 0.0801. The van der Waals surface area contributed by atoms with Gasteiger partial charge in [0.15, 0.2) is 0 Å². The van der Waals surface area contributed by atoms with Crippen LogP contribution in [0.2, 0.25) is 0 Å². The van der Waals surface area contributed by atoms with Gasteiger partial charge in [-0.2, -0.15) is 0 Å². The number of rotatable bonds is 13. The van der Waals surface area contributed by atoms with Gasteiger partial charge in [0.25, 0.3) is 0 Å². The third kappa shape index (κ3) is 20.5. The van der Waals surface area contributed by atoms with Crippen LogP contribution in [0.15, 0.2) is 254 Å². The standard InChI is InChI=1S/C33H30.C22H26.C7H8.C3H4.C2H6/c1-4-26(27-13-7-5-8-14-27)22-33(21-25(2)3)32-20-12-19-31(24-32)30-18-11-17-29(23-30)28-15-9-6-10-16-28;1-7-8-9-12-18(4)19(5)15-16-21(17(2)3)22-14-11-10-13-20(22)6;1-7-5-3-2-4-6-7;1-3-2;1-2/h5-24H,2,4H2,1,3H3;7-16H,4-5H2,1-3,6H3;2-6H,1H3;1H,2H3;1-2H3/b26-22+,33-21+;8-7-,12-9-,16-15-;;;. The van der Waals surface area contributed by atoms with Crippen molar-refractivity contribution in [2.75, 3.05) is 0 Å². The van der Waals surface area contributed by atoms with Crippen molar-refractivity contribution in [1.82, 2.24) is 0 Å². The van der Waals surface area contributed by atoms with E-state index >= 15 is 0 Å². The molecule has 0 saturated carbocycles. The molecule has 6 rings (SSSR count). The first-order valence-electron chi connectivity index (χ1n) is 23.3. The maximum Gasteiger partial charge on any atom is -0.00297 e. The van der Waals surface area contributed by atoms with Gasteiger partial charge in [0.1, 0.15) is 0 Å². The fourth-order valence-electron chi connectivity index (χ4n) is 6.71. The van der Waals surface area contributed by atoms with E-state index in [0.717, 1.165) is 23.1 Å². The predicted molar refractivity (Wildman–Crippen MR) is 303 cm³/mol. The molecular weight excluding hydrogens is 805 g/mol. The Balaban J connectivity index is 0.000000388. The van der Waals surface area contributed by atoms with Crippen LogP contribution in [0.5, 0.6) is 0 Å². The number of allylic oxidation sites excluding steroid dienone is 15. The zero-order valence-electron chi connectivity index (χ0n) is 42.1. The molecule has 0 aliphatic carbocycles. The van der Waals surface area contributed by atoms with E-state index in [0.29, 0.717) is 0 Å². The average molecular weight is 879 g/mol. The molecular formula is C67H74. The van der Waals surface area contributed by atoms with Crippen LogP contribution < -0.4 is 0 Å². The molecule has 0 heteroatoms. The van der Waals surface area contributed by atoms with Gasteiger partial charge in [-0.3, -0.25) is 0 Å². The summed E-state index contributed by atoms with van der Waals surface area (Å²) in [6.07, 6.45) is 22.1. The van der Waals surface area contributed by atoms with Crippen molar-refractivity contribution in [3.05, 3.63) is 282 Å². The van der Waals surface area contributed by atoms with Gasteiger partial charge >= 0.3 is 0 Å². The third-order valence-corrected chi connectivity index (χ3v) is 10.1. The van der Waals surface area contributed by atoms with Crippen molar-refractivity contribution >= 4 is 16.7 Å². The highest BCUT2D eigenvalue weighted by Gasteiger charge is 2.08. The Morgan fingerprint density at radius 2 is 1.03 bits per heavy atom. The molecule has 0 aromatic heterocycles. The van der Waals surface area contributed by atoms with Gasteiger partial charge in [0.05, 0.1) is 0 Å². The van der Waals surface area contributed by atoms with E-state index in [1.165, 1.54) is 72.4 Å². The first kappa shape index (κ1) is 55.7. The first-order chi connectivity index (χ1) is 32.4. The molecule has 0 radical (unpaired) electrons. The summed E-state index contributed by atoms with van der Waals surface area (Å²) in [6.45, 7) is 32.7. The summed E-state index contributed by atoms with van der Waals surface area (Å²) in [5, 5.41) is 0. The van der Waals surface area contributed by atoms with Gasteiger partial charge in [-0.25, -0.2) is 0 Å². The maximum absolute atomic E-state index is 4.60. The summed E-state index contributed by atoms with van der Waals surface area (Å²) in [4.78, 5) is 0. The zero-order chi connectivity index (χ0) is 49.4. The SMILES string of the molecule is C#CC.C=C(/C=C\C=C/C)C(=C)/C=C\C(=C(C)C)c1ccccc1C.C=C(C)/C=C(\C=C(/CC)c1ccccc1)c1cccc(-c2cccc(-c3ccccc3)c2)c1.CC.Cc1ccccc1. The molecule has 0 fully saturated rings. The van der Waals surface area contributed by atoms with Crippen LogP contribution in [0.4, 0.5) is 0 Å². The van der Waals surface area contributed by atoms with Crippen LogP contribution in [0, 0.1) is 26.2 Å². The lowest BCUT2D eigenvalue weighted by Gasteiger charge is -2.12. The second-order valence-corrected chi connectivity index (χ2v) is 15.8. The molecule has 6 aromatic carbocycles. The Hall–Kier alpha value is -7.46. The highest BCUT2D eigenvalue weighted by atomic mass is 14.1. The van der Waals surface area contributed by atoms with Crippen LogP contribution in [0.3, 0.4) is 0 Å². The minimum Gasteiger partial charge on any atom is -0.120 e. The lowest BCUT2D eigenvalue weighted by atomic mass is 9.93. The van der Waals surface area contributed by atoms with Crippen LogP contribution in [0.1, 0.15) is 89.6 Å². The summed E-state index contributed by atoms with van der Waals surface area (Å²) in [7, 11) is 0. The Morgan fingerprint density at radius 1 is 0.552 bits per heavy atom. The maximum atomic E-state index is 4.60. The normalized spacial score (nSPS) is 10.8. The summed E-state index contributed by atoms with van der Waals surface area (Å²) < 4.78 is 0. The second kappa shape index (κ2) is 32.2. The predicted octanol–water partition coefficient (Wildman–Crippen LogP) is 19.7. The molecule has 0 heterocycles. The van der Waals surface area contributed by atoms with E-state index in [-0.39, 0.29) is 0 Å². The molecule has 0 atom stereocenters. The molecule has 0 saturated heterocycles. The number of hydrogen-bond acceptors (Lipinski definition) is 0. The monoisotopic (exact) mass is 879 g/mol. The van der Waals surface area contributed by atoms with Crippen molar-refractivity contribution in [3.8, 4) is 34.6 Å². The molecule has 0 aliphatic heterocycles. The summed E-state index contributed by atoms with van der Waals surface area (Å²) in [6, 6.07) is 57.4. The Labute approximate surface area is 407 Å². The minimum atomic E-state index is 0.923. The molecule has 67 heavy (non-hydrogen) atoms. The fraction of sp³-hybridized carbons (Fsp3) is 0.164. The molecule has 0 spiro atoms. The van der Waals surface area contributed by atoms with Crippen molar-refractivity contribution in [1.29, 1.82) is 0 Å². The van der Waals surface area contributed by atoms with Crippen LogP contribution in [-0.2, 0) is 0 Å². The summed E-state index contributed by atoms with van der Waals surface area (Å²) in [5.41, 5.74) is 19.1. The molecule has 342 valence electrons. The van der Waals surface area contributed by atoms with E-state index in [9.17, 15) is 0 Å². The second-order valence-electron chi connectivity index (χ2n) is 15.8. The van der Waals surface area contributed by atoms with E-state index in [1.807, 2.05) is 69.4 Å². The van der Waals surface area contributed by atoms with E-state index < -0.39 is 0 Å². The third-order valence-electron chi connectivity index (χ3n) is 10.1. The van der Waals surface area contributed by atoms with Crippen molar-refractivity contribution < 1.29 is 0 Å². The van der Waals surface area contributed by atoms with Crippen molar-refractivity contribution in [2.45, 2.75) is 75.7 Å². The fourth-order valence-corrected chi connectivity index (χ4v) is 6.71. The molecule has 0 unspecified atom stereocenters. The summed E-state index contributed by atoms with van der Waals surface area (Å²) in [5.74, 6) is 2.25. The van der Waals surface area contributed by atoms with Crippen LogP contribution in [-0.4, -0.2) is 0 Å². The number of terminal acetylenes is 1. The van der Waals surface area contributed by atoms with Gasteiger partial charge in [-0.1, -0.05) is 257 Å². The zero-order valence-corrected chi connectivity index (χ0v) is 42.1. The van der Waals surface area contributed by atoms with Gasteiger partial charge in [-0.15, -0.1) is 12.3 Å². The van der Waals surface area contributed by atoms with Gasteiger partial charge < -0.3 is 0 Å². The van der Waals surface area contributed by atoms with E-state index in [4.69, 9.17) is 0 Å². The smallest absolute Gasteiger partial charge is 0.00297 e. The van der Waals surface area contributed by atoms with Crippen LogP contribution in [0.25, 0.3) is 39.0 Å². The Morgan fingerprint density at radius 3 is 1.55 bits per heavy atom. The molecule has 0 aliphatic rings. The Bertz CT molecular complexity index is 2660. The lowest BCUT2D eigenvalue weighted by molar-refractivity contribution is 1.24. The number of hydrogen-bond donors (Lipinski definition) is 0. The topological polar surface area (TPSA) is 0 Å². The van der Waals surface area contributed by atoms with E-state index in [1.54, 1.807) is 6.92 Å². The number of benzene rings is 6. The van der Waals surface area contributed by atoms with Crippen LogP contribution >= 0.6 is 0 Å². The van der Waals surface area contributed by atoms with Gasteiger partial charge in [0.2, 0.25) is 0 Å². The van der Waals surface area contributed by atoms with Gasteiger partial charge in [0, 0.05) is 0 Å². The molecule has 0 N–H and O–H groups in total. The molecule has 6 aromatic rings. The first-order valence-corrected chi connectivity index (χ1v) is 23.3. The van der Waals surface area contributed by atoms with Crippen molar-refractivity contribution in [3.63, 3.8) is 0 Å². The largest absolute Gasteiger partial charge is 0.120 e. The highest BCUT2D eigenvalue weighted by Crippen LogP contribution is 2.31. The lowest BCUT2D eigenvalue weighted by Crippen LogP contribution is -1.89.